The highest BCUT2D eigenvalue weighted by atomic mass is 35.5. The molecule has 0 radical (unpaired) electrons. The van der Waals surface area contributed by atoms with E-state index in [-0.39, 0.29) is 18.0 Å². The molecular weight excluding hydrogens is 426 g/mol. The summed E-state index contributed by atoms with van der Waals surface area (Å²) in [5, 5.41) is 0.632. The van der Waals surface area contributed by atoms with Crippen molar-refractivity contribution in [1.29, 1.82) is 0 Å². The van der Waals surface area contributed by atoms with Crippen LogP contribution in [0.15, 0.2) is 88.3 Å². The first-order chi connectivity index (χ1) is 15.0. The van der Waals surface area contributed by atoms with Crippen molar-refractivity contribution in [1.82, 2.24) is 0 Å². The second-order valence-electron chi connectivity index (χ2n) is 7.32. The van der Waals surface area contributed by atoms with Gasteiger partial charge < -0.3 is 21.6 Å². The lowest BCUT2D eigenvalue weighted by Gasteiger charge is -2.04. The lowest BCUT2D eigenvalue weighted by atomic mass is 10.1. The van der Waals surface area contributed by atoms with E-state index in [9.17, 15) is 9.59 Å². The first-order valence-electron chi connectivity index (χ1n) is 9.91. The minimum atomic E-state index is -0.685. The van der Waals surface area contributed by atoms with Gasteiger partial charge in [-0.2, -0.15) is 0 Å². The molecule has 162 valence electrons. The molecule has 0 N–H and O–H groups in total. The van der Waals surface area contributed by atoms with Crippen molar-refractivity contribution in [2.75, 3.05) is 7.11 Å². The Morgan fingerprint density at radius 3 is 2.53 bits per heavy atom. The van der Waals surface area contributed by atoms with Gasteiger partial charge in [0.2, 0.25) is 0 Å². The lowest BCUT2D eigenvalue weighted by molar-refractivity contribution is -0.688. The van der Waals surface area contributed by atoms with Gasteiger partial charge >= 0.3 is 5.63 Å². The molecule has 6 heteroatoms. The molecule has 0 bridgehead atoms. The van der Waals surface area contributed by atoms with E-state index >= 15 is 0 Å². The zero-order valence-corrected chi connectivity index (χ0v) is 18.5. The summed E-state index contributed by atoms with van der Waals surface area (Å²) in [5.74, 6) is 0.0438. The van der Waals surface area contributed by atoms with E-state index in [1.165, 1.54) is 30.4 Å². The molecule has 2 aromatic heterocycles. The van der Waals surface area contributed by atoms with E-state index in [2.05, 4.69) is 29.7 Å². The molecule has 2 heterocycles. The van der Waals surface area contributed by atoms with Crippen LogP contribution in [0, 0.1) is 6.92 Å². The standard InChI is InChI=1S/C26H22NO4.ClH/c1-18-5-3-6-20(15-18)17-27-13-11-19(12-14-27)9-10-23(28)22-16-21-7-4-8-24(30-2)25(21)31-26(22)29;/h3-16H,17H2,1-2H3;1H/q+1;/p-1/b10-9+;. The molecule has 5 nitrogen and oxygen atoms in total. The van der Waals surface area contributed by atoms with E-state index in [0.29, 0.717) is 16.7 Å². The quantitative estimate of drug-likeness (QED) is 0.194. The summed E-state index contributed by atoms with van der Waals surface area (Å²) in [6, 6.07) is 19.0. The number of hydrogen-bond donors (Lipinski definition) is 0. The van der Waals surface area contributed by atoms with Crippen LogP contribution in [-0.4, -0.2) is 12.9 Å². The zero-order chi connectivity index (χ0) is 21.8. The highest BCUT2D eigenvalue weighted by Gasteiger charge is 2.13. The summed E-state index contributed by atoms with van der Waals surface area (Å²) in [4.78, 5) is 24.9. The molecule has 0 saturated carbocycles. The molecule has 32 heavy (non-hydrogen) atoms. The van der Waals surface area contributed by atoms with Gasteiger partial charge in [-0.3, -0.25) is 4.79 Å². The summed E-state index contributed by atoms with van der Waals surface area (Å²) < 4.78 is 12.6. The third-order valence-corrected chi connectivity index (χ3v) is 5.00. The Hall–Kier alpha value is -3.70. The highest BCUT2D eigenvalue weighted by Crippen LogP contribution is 2.24. The van der Waals surface area contributed by atoms with Gasteiger partial charge in [0.1, 0.15) is 5.56 Å². The Kier molecular flexibility index (Phi) is 7.23. The maximum atomic E-state index is 12.6. The summed E-state index contributed by atoms with van der Waals surface area (Å²) in [6.07, 6.45) is 7.00. The number of ketones is 1. The van der Waals surface area contributed by atoms with Gasteiger partial charge in [0.15, 0.2) is 36.1 Å². The number of aromatic nitrogens is 1. The largest absolute Gasteiger partial charge is 1.00 e. The molecule has 2 aromatic carbocycles. The maximum Gasteiger partial charge on any atom is 0.347 e. The SMILES string of the molecule is COc1cccc2cc(C(=O)/C=C/c3cc[n+](Cc4cccc(C)c4)cc3)c(=O)oc12.[Cl-]. The third kappa shape index (κ3) is 5.13. The van der Waals surface area contributed by atoms with Crippen LogP contribution < -0.4 is 27.3 Å². The second-order valence-corrected chi connectivity index (χ2v) is 7.32. The molecule has 0 amide bonds. The molecule has 0 spiro atoms. The van der Waals surface area contributed by atoms with Gasteiger partial charge in [-0.05, 0) is 36.8 Å². The summed E-state index contributed by atoms with van der Waals surface area (Å²) in [7, 11) is 1.50. The molecule has 0 atom stereocenters. The van der Waals surface area contributed by atoms with Crippen LogP contribution in [0.4, 0.5) is 0 Å². The average molecular weight is 448 g/mol. The first kappa shape index (κ1) is 23.0. The number of pyridine rings is 1. The number of halogens is 1. The van der Waals surface area contributed by atoms with Crippen LogP contribution in [0.25, 0.3) is 17.0 Å². The normalized spacial score (nSPS) is 10.8. The van der Waals surface area contributed by atoms with Crippen molar-refractivity contribution in [2.45, 2.75) is 13.5 Å². The number of methoxy groups -OCH3 is 1. The smallest absolute Gasteiger partial charge is 0.347 e. The molecule has 0 aliphatic heterocycles. The number of allylic oxidation sites excluding steroid dienone is 1. The van der Waals surface area contributed by atoms with Gasteiger partial charge in [0, 0.05) is 23.1 Å². The second kappa shape index (κ2) is 10.1. The Labute approximate surface area is 192 Å². The molecule has 0 saturated heterocycles. The molecule has 4 aromatic rings. The molecule has 0 aliphatic carbocycles. The Bertz CT molecular complexity index is 1340. The number of carbonyl (C=O) groups is 1. The van der Waals surface area contributed by atoms with Crippen molar-refractivity contribution in [3.05, 3.63) is 112 Å². The van der Waals surface area contributed by atoms with Crippen LogP contribution in [0.1, 0.15) is 27.0 Å². The molecule has 0 aliphatic rings. The Morgan fingerprint density at radius 2 is 1.81 bits per heavy atom. The van der Waals surface area contributed by atoms with Crippen LogP contribution >= 0.6 is 0 Å². The summed E-state index contributed by atoms with van der Waals surface area (Å²) in [6.45, 7) is 2.85. The zero-order valence-electron chi connectivity index (χ0n) is 17.7. The van der Waals surface area contributed by atoms with Gasteiger partial charge in [0.25, 0.3) is 0 Å². The fraction of sp³-hybridized carbons (Fsp3) is 0.115. The summed E-state index contributed by atoms with van der Waals surface area (Å²) >= 11 is 0. The number of carbonyl (C=O) groups excluding carboxylic acids is 1. The number of benzene rings is 2. The van der Waals surface area contributed by atoms with Crippen LogP contribution in [-0.2, 0) is 6.54 Å². The molecular formula is C26H22ClNO4. The van der Waals surface area contributed by atoms with Crippen molar-refractivity contribution in [2.24, 2.45) is 0 Å². The highest BCUT2D eigenvalue weighted by molar-refractivity contribution is 6.08. The van der Waals surface area contributed by atoms with E-state index < -0.39 is 11.4 Å². The van der Waals surface area contributed by atoms with Crippen LogP contribution in [0.2, 0.25) is 0 Å². The fourth-order valence-corrected chi connectivity index (χ4v) is 3.42. The van der Waals surface area contributed by atoms with Gasteiger partial charge in [-0.15, -0.1) is 0 Å². The van der Waals surface area contributed by atoms with Crippen molar-refractivity contribution in [3.63, 3.8) is 0 Å². The minimum Gasteiger partial charge on any atom is -1.00 e. The average Bonchev–Trinajstić information content (AvgIpc) is 2.77. The first-order valence-corrected chi connectivity index (χ1v) is 9.91. The Balaban J connectivity index is 0.00000289. The van der Waals surface area contributed by atoms with Crippen molar-refractivity contribution >= 4 is 22.8 Å². The molecule has 0 unspecified atom stereocenters. The van der Waals surface area contributed by atoms with Crippen LogP contribution in [0.5, 0.6) is 5.75 Å². The predicted octanol–water partition coefficient (Wildman–Crippen LogP) is 1.35. The third-order valence-electron chi connectivity index (χ3n) is 5.00. The van der Waals surface area contributed by atoms with E-state index in [4.69, 9.17) is 9.15 Å². The van der Waals surface area contributed by atoms with Crippen molar-refractivity contribution in [3.8, 4) is 5.75 Å². The van der Waals surface area contributed by atoms with Crippen molar-refractivity contribution < 1.29 is 30.9 Å². The predicted molar refractivity (Wildman–Crippen MR) is 119 cm³/mol. The summed E-state index contributed by atoms with van der Waals surface area (Å²) in [5.41, 5.74) is 2.95. The number of aryl methyl sites for hydroxylation is 1. The van der Waals surface area contributed by atoms with E-state index in [0.717, 1.165) is 12.1 Å². The molecule has 4 rings (SSSR count). The van der Waals surface area contributed by atoms with Gasteiger partial charge in [-0.1, -0.05) is 42.0 Å². The lowest BCUT2D eigenvalue weighted by Crippen LogP contribution is -3.00. The van der Waals surface area contributed by atoms with E-state index in [1.54, 1.807) is 24.3 Å². The van der Waals surface area contributed by atoms with Gasteiger partial charge in [-0.25, -0.2) is 9.36 Å². The number of para-hydroxylation sites is 1. The number of rotatable bonds is 6. The topological polar surface area (TPSA) is 60.4 Å². The fourth-order valence-electron chi connectivity index (χ4n) is 3.42. The Morgan fingerprint density at radius 1 is 1.06 bits per heavy atom. The van der Waals surface area contributed by atoms with Crippen LogP contribution in [0.3, 0.4) is 0 Å². The molecule has 0 fully saturated rings. The number of hydrogen-bond acceptors (Lipinski definition) is 4. The number of ether oxygens (including phenoxy) is 1. The number of fused-ring (bicyclic) bond motifs is 1. The maximum absolute atomic E-state index is 12.6. The van der Waals surface area contributed by atoms with Gasteiger partial charge in [0.05, 0.1) is 7.11 Å². The number of nitrogens with zero attached hydrogens (tertiary/aromatic N) is 1. The van der Waals surface area contributed by atoms with E-state index in [1.807, 2.05) is 30.6 Å². The monoisotopic (exact) mass is 447 g/mol. The minimum absolute atomic E-state index is 0.